The van der Waals surface area contributed by atoms with E-state index < -0.39 is 5.54 Å². The summed E-state index contributed by atoms with van der Waals surface area (Å²) in [7, 11) is 1.67. The van der Waals surface area contributed by atoms with E-state index in [-0.39, 0.29) is 5.78 Å². The molecule has 142 valence electrons. The first-order valence-electron chi connectivity index (χ1n) is 9.86. The van der Waals surface area contributed by atoms with E-state index in [0.29, 0.717) is 0 Å². The second-order valence-corrected chi connectivity index (χ2v) is 7.72. The summed E-state index contributed by atoms with van der Waals surface area (Å²) in [5.74, 6) is 1.10. The molecule has 2 aromatic carbocycles. The number of rotatable bonds is 4. The van der Waals surface area contributed by atoms with Gasteiger partial charge in [0.1, 0.15) is 5.75 Å². The van der Waals surface area contributed by atoms with Crippen molar-refractivity contribution in [1.29, 1.82) is 0 Å². The summed E-state index contributed by atoms with van der Waals surface area (Å²) >= 11 is 0. The van der Waals surface area contributed by atoms with Gasteiger partial charge < -0.3 is 10.1 Å². The van der Waals surface area contributed by atoms with Crippen LogP contribution in [0.2, 0.25) is 0 Å². The zero-order valence-electron chi connectivity index (χ0n) is 16.3. The lowest BCUT2D eigenvalue weighted by Crippen LogP contribution is -2.66. The van der Waals surface area contributed by atoms with Crippen LogP contribution >= 0.6 is 0 Å². The predicted molar refractivity (Wildman–Crippen MR) is 108 cm³/mol. The summed E-state index contributed by atoms with van der Waals surface area (Å²) in [5, 5.41) is 3.48. The number of hydrogen-bond acceptors (Lipinski definition) is 4. The molecule has 0 aromatic heterocycles. The van der Waals surface area contributed by atoms with Crippen molar-refractivity contribution >= 4 is 5.78 Å². The molecule has 1 heterocycles. The fraction of sp³-hybridized carbons (Fsp3) is 0.435. The quantitative estimate of drug-likeness (QED) is 0.906. The van der Waals surface area contributed by atoms with Gasteiger partial charge in [-0.3, -0.25) is 9.69 Å². The summed E-state index contributed by atoms with van der Waals surface area (Å²) < 4.78 is 5.34. The lowest BCUT2D eigenvalue weighted by molar-refractivity contribution is 0.0367. The van der Waals surface area contributed by atoms with E-state index in [1.165, 1.54) is 11.1 Å². The normalized spacial score (nSPS) is 22.7. The molecule has 0 amide bonds. The molecule has 1 N–H and O–H groups in total. The predicted octanol–water partition coefficient (Wildman–Crippen LogP) is 3.02. The molecule has 1 unspecified atom stereocenters. The highest BCUT2D eigenvalue weighted by atomic mass is 16.5. The molecule has 2 aliphatic rings. The Kier molecular flexibility index (Phi) is 5.02. The van der Waals surface area contributed by atoms with E-state index in [0.717, 1.165) is 62.3 Å². The molecule has 4 rings (SSSR count). The van der Waals surface area contributed by atoms with Crippen molar-refractivity contribution in [3.8, 4) is 5.75 Å². The Morgan fingerprint density at radius 2 is 2.07 bits per heavy atom. The third-order valence-electron chi connectivity index (χ3n) is 6.28. The maximum absolute atomic E-state index is 13.6. The molecule has 4 nitrogen and oxygen atoms in total. The number of nitrogens with one attached hydrogen (secondary N) is 1. The highest BCUT2D eigenvalue weighted by molar-refractivity contribution is 6.06. The number of methoxy groups -OCH3 is 1. The number of ketones is 1. The Morgan fingerprint density at radius 3 is 2.89 bits per heavy atom. The molecule has 27 heavy (non-hydrogen) atoms. The fourth-order valence-corrected chi connectivity index (χ4v) is 4.61. The number of aryl methyl sites for hydroxylation is 2. The van der Waals surface area contributed by atoms with Gasteiger partial charge in [0, 0.05) is 31.7 Å². The SMILES string of the molecule is COc1ccc2c(c1)CCC1(CNCCN1CCc1ccccc1C)C2=O. The van der Waals surface area contributed by atoms with Gasteiger partial charge in [0.15, 0.2) is 5.78 Å². The summed E-state index contributed by atoms with van der Waals surface area (Å²) in [5.41, 5.74) is 4.28. The molecular formula is C23H28N2O2. The lowest BCUT2D eigenvalue weighted by atomic mass is 9.74. The Labute approximate surface area is 161 Å². The Bertz CT molecular complexity index is 848. The van der Waals surface area contributed by atoms with E-state index in [2.05, 4.69) is 41.4 Å². The number of ether oxygens (including phenoxy) is 1. The lowest BCUT2D eigenvalue weighted by Gasteiger charge is -2.48. The molecule has 0 radical (unpaired) electrons. The van der Waals surface area contributed by atoms with E-state index in [9.17, 15) is 4.79 Å². The number of nitrogens with zero attached hydrogens (tertiary/aromatic N) is 1. The van der Waals surface area contributed by atoms with Gasteiger partial charge in [0.2, 0.25) is 0 Å². The Morgan fingerprint density at radius 1 is 1.22 bits per heavy atom. The zero-order chi connectivity index (χ0) is 18.9. The van der Waals surface area contributed by atoms with Crippen LogP contribution in [0.4, 0.5) is 0 Å². The smallest absolute Gasteiger partial charge is 0.184 e. The minimum absolute atomic E-state index is 0.267. The molecule has 4 heteroatoms. The van der Waals surface area contributed by atoms with Crippen molar-refractivity contribution in [2.75, 3.05) is 33.3 Å². The van der Waals surface area contributed by atoms with E-state index in [1.54, 1.807) is 7.11 Å². The van der Waals surface area contributed by atoms with Gasteiger partial charge in [-0.15, -0.1) is 0 Å². The minimum atomic E-state index is -0.414. The molecule has 2 aromatic rings. The number of hydrogen-bond donors (Lipinski definition) is 1. The van der Waals surface area contributed by atoms with E-state index >= 15 is 0 Å². The Balaban J connectivity index is 1.59. The van der Waals surface area contributed by atoms with Crippen LogP contribution in [-0.4, -0.2) is 49.5 Å². The van der Waals surface area contributed by atoms with E-state index in [1.807, 2.05) is 18.2 Å². The third-order valence-corrected chi connectivity index (χ3v) is 6.28. The van der Waals surface area contributed by atoms with Crippen molar-refractivity contribution in [3.05, 3.63) is 64.7 Å². The van der Waals surface area contributed by atoms with Gasteiger partial charge >= 0.3 is 0 Å². The fourth-order valence-electron chi connectivity index (χ4n) is 4.61. The van der Waals surface area contributed by atoms with Crippen molar-refractivity contribution in [2.24, 2.45) is 0 Å². The number of Topliss-reactive ketones (excluding diaryl/α,β-unsaturated/α-hetero) is 1. The van der Waals surface area contributed by atoms with Crippen LogP contribution in [0.25, 0.3) is 0 Å². The molecule has 1 fully saturated rings. The second-order valence-electron chi connectivity index (χ2n) is 7.72. The monoisotopic (exact) mass is 364 g/mol. The third kappa shape index (κ3) is 3.28. The molecule has 1 aliphatic heterocycles. The number of carbonyl (C=O) groups excluding carboxylic acids is 1. The minimum Gasteiger partial charge on any atom is -0.497 e. The first kappa shape index (κ1) is 18.2. The van der Waals surface area contributed by atoms with Crippen molar-refractivity contribution in [1.82, 2.24) is 10.2 Å². The number of piperazine rings is 1. The van der Waals surface area contributed by atoms with Gasteiger partial charge in [0.25, 0.3) is 0 Å². The van der Waals surface area contributed by atoms with Gasteiger partial charge in [-0.1, -0.05) is 24.3 Å². The maximum Gasteiger partial charge on any atom is 0.184 e. The van der Waals surface area contributed by atoms with Crippen LogP contribution in [0, 0.1) is 6.92 Å². The first-order valence-corrected chi connectivity index (χ1v) is 9.86. The Hall–Kier alpha value is -2.17. The first-order chi connectivity index (χ1) is 13.1. The van der Waals surface area contributed by atoms with Crippen LogP contribution in [0.5, 0.6) is 5.75 Å². The summed E-state index contributed by atoms with van der Waals surface area (Å²) in [4.78, 5) is 16.0. The molecule has 0 bridgehead atoms. The second kappa shape index (κ2) is 7.45. The molecule has 1 aliphatic carbocycles. The van der Waals surface area contributed by atoms with Gasteiger partial charge in [-0.2, -0.15) is 0 Å². The highest BCUT2D eigenvalue weighted by Gasteiger charge is 2.48. The zero-order valence-corrected chi connectivity index (χ0v) is 16.3. The molecule has 1 saturated heterocycles. The number of carbonyl (C=O) groups is 1. The van der Waals surface area contributed by atoms with Crippen LogP contribution in [-0.2, 0) is 12.8 Å². The summed E-state index contributed by atoms with van der Waals surface area (Å²) in [6, 6.07) is 14.4. The average Bonchev–Trinajstić information content (AvgIpc) is 2.71. The molecule has 1 atom stereocenters. The van der Waals surface area contributed by atoms with Crippen molar-refractivity contribution < 1.29 is 9.53 Å². The summed E-state index contributed by atoms with van der Waals surface area (Å²) in [6.45, 7) is 5.69. The van der Waals surface area contributed by atoms with Crippen LogP contribution in [0.1, 0.15) is 33.5 Å². The van der Waals surface area contributed by atoms with Crippen LogP contribution < -0.4 is 10.1 Å². The van der Waals surface area contributed by atoms with Gasteiger partial charge in [-0.05, 0) is 61.1 Å². The van der Waals surface area contributed by atoms with Gasteiger partial charge in [0.05, 0.1) is 12.6 Å². The number of fused-ring (bicyclic) bond motifs is 1. The highest BCUT2D eigenvalue weighted by Crippen LogP contribution is 2.36. The summed E-state index contributed by atoms with van der Waals surface area (Å²) in [6.07, 6.45) is 2.77. The number of benzene rings is 2. The van der Waals surface area contributed by atoms with Crippen molar-refractivity contribution in [3.63, 3.8) is 0 Å². The van der Waals surface area contributed by atoms with Gasteiger partial charge in [-0.25, -0.2) is 0 Å². The molecular weight excluding hydrogens is 336 g/mol. The largest absolute Gasteiger partial charge is 0.497 e. The maximum atomic E-state index is 13.6. The van der Waals surface area contributed by atoms with E-state index in [4.69, 9.17) is 4.74 Å². The van der Waals surface area contributed by atoms with Crippen molar-refractivity contribution in [2.45, 2.75) is 31.7 Å². The molecule has 1 spiro atoms. The van der Waals surface area contributed by atoms with Crippen LogP contribution in [0.15, 0.2) is 42.5 Å². The molecule has 0 saturated carbocycles. The average molecular weight is 364 g/mol. The topological polar surface area (TPSA) is 41.6 Å². The standard InChI is InChI=1S/C23H28N2O2/c1-17-5-3-4-6-18(17)10-13-25-14-12-24-16-23(25)11-9-19-15-20(27-2)7-8-21(19)22(23)26/h3-8,15,24H,9-14,16H2,1-2H3. The van der Waals surface area contributed by atoms with Crippen LogP contribution in [0.3, 0.4) is 0 Å².